The average Bonchev–Trinajstić information content (AvgIpc) is 2.68. The van der Waals surface area contributed by atoms with Crippen LogP contribution < -0.4 is 5.32 Å². The Labute approximate surface area is 113 Å². The first kappa shape index (κ1) is 12.8. The van der Waals surface area contributed by atoms with Crippen LogP contribution in [0.2, 0.25) is 0 Å². The Morgan fingerprint density at radius 3 is 2.83 bits per heavy atom. The van der Waals surface area contributed by atoms with Gasteiger partial charge >= 0.3 is 0 Å². The number of carbonyl (C=O) groups is 1. The summed E-state index contributed by atoms with van der Waals surface area (Å²) in [5, 5.41) is 6.46. The molecule has 0 aliphatic carbocycles. The number of hydrogen-bond acceptors (Lipinski definition) is 4. The highest BCUT2D eigenvalue weighted by Gasteiger charge is 2.10. The van der Waals surface area contributed by atoms with Crippen LogP contribution in [0.1, 0.15) is 17.3 Å². The molecule has 0 bridgehead atoms. The van der Waals surface area contributed by atoms with Gasteiger partial charge in [0.1, 0.15) is 0 Å². The minimum atomic E-state index is -0.180. The van der Waals surface area contributed by atoms with Gasteiger partial charge in [0.15, 0.2) is 5.82 Å². The Hall–Kier alpha value is -1.69. The highest BCUT2D eigenvalue weighted by molar-refractivity contribution is 9.10. The molecule has 18 heavy (non-hydrogen) atoms. The van der Waals surface area contributed by atoms with Crippen molar-refractivity contribution < 1.29 is 9.32 Å². The van der Waals surface area contributed by atoms with Crippen molar-refractivity contribution in [3.63, 3.8) is 0 Å². The molecule has 0 saturated heterocycles. The smallest absolute Gasteiger partial charge is 0.232 e. The van der Waals surface area contributed by atoms with Crippen LogP contribution in [0.3, 0.4) is 0 Å². The first-order valence-electron chi connectivity index (χ1n) is 5.40. The summed E-state index contributed by atoms with van der Waals surface area (Å²) in [5.74, 6) is 0.655. The number of rotatable bonds is 3. The zero-order valence-electron chi connectivity index (χ0n) is 10.0. The predicted octanol–water partition coefficient (Wildman–Crippen LogP) is 2.63. The van der Waals surface area contributed by atoms with Gasteiger partial charge in [0.2, 0.25) is 11.8 Å². The monoisotopic (exact) mass is 309 g/mol. The van der Waals surface area contributed by atoms with E-state index in [9.17, 15) is 4.79 Å². The summed E-state index contributed by atoms with van der Waals surface area (Å²) < 4.78 is 5.65. The third kappa shape index (κ3) is 3.16. The van der Waals surface area contributed by atoms with Gasteiger partial charge < -0.3 is 9.84 Å². The molecule has 0 radical (unpaired) electrons. The molecule has 0 fully saturated rings. The average molecular weight is 310 g/mol. The van der Waals surface area contributed by atoms with Crippen LogP contribution in [0.4, 0.5) is 5.69 Å². The van der Waals surface area contributed by atoms with Crippen molar-refractivity contribution in [3.05, 3.63) is 40.0 Å². The SMILES string of the molecule is Cc1ccc(NC(=O)Cc2noc(C)n2)c(Br)c1. The van der Waals surface area contributed by atoms with E-state index in [4.69, 9.17) is 4.52 Å². The fraction of sp³-hybridized carbons (Fsp3) is 0.250. The molecular formula is C12H12BrN3O2. The van der Waals surface area contributed by atoms with Gasteiger partial charge in [0.25, 0.3) is 0 Å². The number of aromatic nitrogens is 2. The number of amides is 1. The van der Waals surface area contributed by atoms with Crippen LogP contribution in [-0.4, -0.2) is 16.0 Å². The molecule has 2 aromatic rings. The summed E-state index contributed by atoms with van der Waals surface area (Å²) in [4.78, 5) is 15.8. The zero-order chi connectivity index (χ0) is 13.1. The number of nitrogens with zero attached hydrogens (tertiary/aromatic N) is 2. The first-order valence-corrected chi connectivity index (χ1v) is 6.19. The zero-order valence-corrected chi connectivity index (χ0v) is 11.6. The summed E-state index contributed by atoms with van der Waals surface area (Å²) in [6, 6.07) is 5.71. The maximum Gasteiger partial charge on any atom is 0.232 e. The Morgan fingerprint density at radius 2 is 2.22 bits per heavy atom. The number of aryl methyl sites for hydroxylation is 2. The summed E-state index contributed by atoms with van der Waals surface area (Å²) in [6.07, 6.45) is 0.0949. The van der Waals surface area contributed by atoms with Crippen molar-refractivity contribution >= 4 is 27.5 Å². The minimum absolute atomic E-state index is 0.0949. The van der Waals surface area contributed by atoms with Crippen molar-refractivity contribution in [1.29, 1.82) is 0 Å². The molecule has 1 heterocycles. The van der Waals surface area contributed by atoms with Gasteiger partial charge in [-0.3, -0.25) is 4.79 Å². The molecule has 1 N–H and O–H groups in total. The lowest BCUT2D eigenvalue weighted by Crippen LogP contribution is -2.15. The number of halogens is 1. The van der Waals surface area contributed by atoms with E-state index < -0.39 is 0 Å². The first-order chi connectivity index (χ1) is 8.54. The fourth-order valence-corrected chi connectivity index (χ4v) is 2.07. The molecule has 0 aliphatic heterocycles. The Morgan fingerprint density at radius 1 is 1.44 bits per heavy atom. The van der Waals surface area contributed by atoms with Crippen molar-refractivity contribution in [2.75, 3.05) is 5.32 Å². The number of benzene rings is 1. The molecule has 0 saturated carbocycles. The Balaban J connectivity index is 2.03. The van der Waals surface area contributed by atoms with Crippen LogP contribution in [0.5, 0.6) is 0 Å². The number of carbonyl (C=O) groups excluding carboxylic acids is 1. The molecule has 94 valence electrons. The molecule has 1 amide bonds. The van der Waals surface area contributed by atoms with Crippen LogP contribution in [0.25, 0.3) is 0 Å². The van der Waals surface area contributed by atoms with Crippen molar-refractivity contribution in [2.24, 2.45) is 0 Å². The Bertz CT molecular complexity index is 580. The fourth-order valence-electron chi connectivity index (χ4n) is 1.47. The lowest BCUT2D eigenvalue weighted by Gasteiger charge is -2.06. The van der Waals surface area contributed by atoms with E-state index in [0.29, 0.717) is 11.7 Å². The second-order valence-corrected chi connectivity index (χ2v) is 4.79. The van der Waals surface area contributed by atoms with Gasteiger partial charge in [-0.15, -0.1) is 0 Å². The van der Waals surface area contributed by atoms with Gasteiger partial charge in [-0.2, -0.15) is 4.98 Å². The lowest BCUT2D eigenvalue weighted by molar-refractivity contribution is -0.115. The largest absolute Gasteiger partial charge is 0.340 e. The molecule has 0 spiro atoms. The van der Waals surface area contributed by atoms with E-state index in [0.717, 1.165) is 15.7 Å². The maximum absolute atomic E-state index is 11.8. The third-order valence-corrected chi connectivity index (χ3v) is 2.94. The maximum atomic E-state index is 11.8. The van der Waals surface area contributed by atoms with E-state index in [2.05, 4.69) is 31.4 Å². The van der Waals surface area contributed by atoms with Crippen molar-refractivity contribution in [1.82, 2.24) is 10.1 Å². The second kappa shape index (κ2) is 5.30. The van der Waals surface area contributed by atoms with Crippen molar-refractivity contribution in [3.8, 4) is 0 Å². The number of nitrogens with one attached hydrogen (secondary N) is 1. The van der Waals surface area contributed by atoms with Crippen LogP contribution >= 0.6 is 15.9 Å². The summed E-state index contributed by atoms with van der Waals surface area (Å²) in [7, 11) is 0. The van der Waals surface area contributed by atoms with Crippen molar-refractivity contribution in [2.45, 2.75) is 20.3 Å². The quantitative estimate of drug-likeness (QED) is 0.946. The summed E-state index contributed by atoms with van der Waals surface area (Å²) in [6.45, 7) is 3.67. The molecule has 0 atom stereocenters. The van der Waals surface area contributed by atoms with Gasteiger partial charge in [-0.25, -0.2) is 0 Å². The predicted molar refractivity (Wildman–Crippen MR) is 70.2 cm³/mol. The van der Waals surface area contributed by atoms with Gasteiger partial charge in [-0.05, 0) is 40.5 Å². The number of anilines is 1. The molecule has 0 aliphatic rings. The normalized spacial score (nSPS) is 10.4. The van der Waals surface area contributed by atoms with E-state index in [-0.39, 0.29) is 12.3 Å². The molecule has 1 aromatic carbocycles. The summed E-state index contributed by atoms with van der Waals surface area (Å²) in [5.41, 5.74) is 1.85. The van der Waals surface area contributed by atoms with Gasteiger partial charge in [0.05, 0.1) is 12.1 Å². The van der Waals surface area contributed by atoms with E-state index in [1.807, 2.05) is 25.1 Å². The molecule has 5 nitrogen and oxygen atoms in total. The molecule has 0 unspecified atom stereocenters. The highest BCUT2D eigenvalue weighted by atomic mass is 79.9. The summed E-state index contributed by atoms with van der Waals surface area (Å²) >= 11 is 3.40. The van der Waals surface area contributed by atoms with Crippen LogP contribution in [0, 0.1) is 13.8 Å². The standard InChI is InChI=1S/C12H12BrN3O2/c1-7-3-4-10(9(13)5-7)15-12(17)6-11-14-8(2)18-16-11/h3-5H,6H2,1-2H3,(H,15,17). The molecule has 6 heteroatoms. The topological polar surface area (TPSA) is 68.0 Å². The third-order valence-electron chi connectivity index (χ3n) is 2.29. The lowest BCUT2D eigenvalue weighted by atomic mass is 10.2. The van der Waals surface area contributed by atoms with Crippen LogP contribution in [-0.2, 0) is 11.2 Å². The van der Waals surface area contributed by atoms with Gasteiger partial charge in [0, 0.05) is 11.4 Å². The molecule has 2 rings (SSSR count). The minimum Gasteiger partial charge on any atom is -0.340 e. The molecular weight excluding hydrogens is 298 g/mol. The van der Waals surface area contributed by atoms with E-state index >= 15 is 0 Å². The van der Waals surface area contributed by atoms with E-state index in [1.165, 1.54) is 0 Å². The van der Waals surface area contributed by atoms with E-state index in [1.54, 1.807) is 6.92 Å². The highest BCUT2D eigenvalue weighted by Crippen LogP contribution is 2.23. The Kier molecular flexibility index (Phi) is 3.76. The second-order valence-electron chi connectivity index (χ2n) is 3.94. The number of hydrogen-bond donors (Lipinski definition) is 1. The molecule has 1 aromatic heterocycles. The van der Waals surface area contributed by atoms with Gasteiger partial charge in [-0.1, -0.05) is 11.2 Å². The van der Waals surface area contributed by atoms with Crippen LogP contribution in [0.15, 0.2) is 27.2 Å².